The summed E-state index contributed by atoms with van der Waals surface area (Å²) in [6.07, 6.45) is 0. The van der Waals surface area contributed by atoms with Crippen LogP contribution in [0.3, 0.4) is 0 Å². The van der Waals surface area contributed by atoms with Crippen molar-refractivity contribution in [2.24, 2.45) is 0 Å². The third-order valence-electron chi connectivity index (χ3n) is 3.81. The molecule has 0 aliphatic rings. The van der Waals surface area contributed by atoms with Crippen LogP contribution in [0.1, 0.15) is 19.4 Å². The molecule has 0 heterocycles. The van der Waals surface area contributed by atoms with Crippen molar-refractivity contribution < 1.29 is 18.0 Å². The van der Waals surface area contributed by atoms with Crippen molar-refractivity contribution in [3.63, 3.8) is 0 Å². The largest absolute Gasteiger partial charge is 0.326 e. The molecule has 2 aromatic carbocycles. The van der Waals surface area contributed by atoms with E-state index in [0.717, 1.165) is 4.31 Å². The fraction of sp³-hybridized carbons (Fsp3) is 0.222. The highest BCUT2D eigenvalue weighted by Crippen LogP contribution is 2.30. The quantitative estimate of drug-likeness (QED) is 0.705. The molecule has 1 N–H and O–H groups in total. The average molecular weight is 429 g/mol. The lowest BCUT2D eigenvalue weighted by atomic mass is 10.2. The SMILES string of the molecule is CC(=O)Nc1ccc(S(=O)(=O)N(c2ccc(Cl)c(C)c2)C(C)C(=O)Cl)cc1. The van der Waals surface area contributed by atoms with Crippen LogP contribution in [0, 0.1) is 6.92 Å². The van der Waals surface area contributed by atoms with Gasteiger partial charge in [-0.2, -0.15) is 0 Å². The maximum atomic E-state index is 13.2. The number of amides is 1. The number of sulfonamides is 1. The van der Waals surface area contributed by atoms with Gasteiger partial charge in [-0.05, 0) is 73.5 Å². The van der Waals surface area contributed by atoms with Gasteiger partial charge in [0.15, 0.2) is 0 Å². The second-order valence-electron chi connectivity index (χ2n) is 5.92. The molecule has 1 unspecified atom stereocenters. The molecular weight excluding hydrogens is 411 g/mol. The van der Waals surface area contributed by atoms with Crippen molar-refractivity contribution in [3.8, 4) is 0 Å². The van der Waals surface area contributed by atoms with Crippen LogP contribution in [0.25, 0.3) is 0 Å². The Labute approximate surface area is 168 Å². The minimum absolute atomic E-state index is 0.0472. The molecular formula is C18H18Cl2N2O4S. The molecule has 2 aromatic rings. The van der Waals surface area contributed by atoms with Crippen LogP contribution in [0.4, 0.5) is 11.4 Å². The summed E-state index contributed by atoms with van der Waals surface area (Å²) in [6, 6.07) is 9.13. The summed E-state index contributed by atoms with van der Waals surface area (Å²) in [5.74, 6) is -0.273. The summed E-state index contributed by atoms with van der Waals surface area (Å²) in [5, 5.41) is 2.22. The van der Waals surface area contributed by atoms with Crippen LogP contribution in [0.2, 0.25) is 5.02 Å². The van der Waals surface area contributed by atoms with Gasteiger partial charge in [-0.25, -0.2) is 8.42 Å². The molecule has 1 amide bonds. The summed E-state index contributed by atoms with van der Waals surface area (Å²) in [4.78, 5) is 22.8. The Hall–Kier alpha value is -2.09. The van der Waals surface area contributed by atoms with E-state index in [1.807, 2.05) is 0 Å². The second kappa shape index (κ2) is 8.29. The molecule has 1 atom stereocenters. The van der Waals surface area contributed by atoms with E-state index in [9.17, 15) is 18.0 Å². The molecule has 0 aliphatic carbocycles. The molecule has 0 bridgehead atoms. The highest BCUT2D eigenvalue weighted by atomic mass is 35.5. The number of carbonyl (C=O) groups is 2. The van der Waals surface area contributed by atoms with Crippen LogP contribution < -0.4 is 9.62 Å². The first-order chi connectivity index (χ1) is 12.5. The summed E-state index contributed by atoms with van der Waals surface area (Å²) >= 11 is 11.6. The summed E-state index contributed by atoms with van der Waals surface area (Å²) < 4.78 is 27.4. The smallest absolute Gasteiger partial charge is 0.265 e. The van der Waals surface area contributed by atoms with Crippen LogP contribution in [-0.2, 0) is 19.6 Å². The van der Waals surface area contributed by atoms with Gasteiger partial charge in [0, 0.05) is 17.6 Å². The minimum atomic E-state index is -4.10. The van der Waals surface area contributed by atoms with Gasteiger partial charge in [0.25, 0.3) is 10.0 Å². The van der Waals surface area contributed by atoms with Gasteiger partial charge < -0.3 is 5.32 Å². The van der Waals surface area contributed by atoms with Gasteiger partial charge in [0.2, 0.25) is 11.1 Å². The van der Waals surface area contributed by atoms with Gasteiger partial charge in [-0.1, -0.05) is 11.6 Å². The van der Waals surface area contributed by atoms with E-state index in [4.69, 9.17) is 23.2 Å². The van der Waals surface area contributed by atoms with E-state index >= 15 is 0 Å². The first kappa shape index (κ1) is 21.2. The molecule has 27 heavy (non-hydrogen) atoms. The van der Waals surface area contributed by atoms with E-state index in [-0.39, 0.29) is 16.5 Å². The Kier molecular flexibility index (Phi) is 6.51. The van der Waals surface area contributed by atoms with E-state index in [1.54, 1.807) is 19.1 Å². The number of hydrogen-bond acceptors (Lipinski definition) is 4. The molecule has 9 heteroatoms. The molecule has 0 spiro atoms. The molecule has 0 saturated carbocycles. The summed E-state index contributed by atoms with van der Waals surface area (Å²) in [7, 11) is -4.10. The van der Waals surface area contributed by atoms with Crippen molar-refractivity contribution >= 4 is 55.7 Å². The lowest BCUT2D eigenvalue weighted by Crippen LogP contribution is -2.42. The second-order valence-corrected chi connectivity index (χ2v) is 8.51. The lowest BCUT2D eigenvalue weighted by Gasteiger charge is -2.28. The Bertz CT molecular complexity index is 975. The lowest BCUT2D eigenvalue weighted by molar-refractivity contribution is -0.114. The fourth-order valence-corrected chi connectivity index (χ4v) is 4.34. The standard InChI is InChI=1S/C18H18Cl2N2O4S/c1-11-10-15(6-9-17(11)19)22(12(2)18(20)24)27(25,26)16-7-4-14(5-8-16)21-13(3)23/h4-10,12H,1-3H3,(H,21,23). The Morgan fingerprint density at radius 1 is 1.11 bits per heavy atom. The summed E-state index contributed by atoms with van der Waals surface area (Å²) in [6.45, 7) is 4.48. The number of halogens is 2. The molecule has 0 saturated heterocycles. The molecule has 0 fully saturated rings. The topological polar surface area (TPSA) is 83.6 Å². The zero-order chi connectivity index (χ0) is 20.4. The van der Waals surface area contributed by atoms with Crippen LogP contribution in [-0.4, -0.2) is 25.6 Å². The maximum absolute atomic E-state index is 13.2. The van der Waals surface area contributed by atoms with Crippen LogP contribution in [0.5, 0.6) is 0 Å². The molecule has 0 radical (unpaired) electrons. The van der Waals surface area contributed by atoms with Crippen LogP contribution in [0.15, 0.2) is 47.4 Å². The normalized spacial score (nSPS) is 12.3. The van der Waals surface area contributed by atoms with Gasteiger partial charge >= 0.3 is 0 Å². The van der Waals surface area contributed by atoms with Gasteiger partial charge in [-0.15, -0.1) is 0 Å². The molecule has 2 rings (SSSR count). The van der Waals surface area contributed by atoms with Crippen molar-refractivity contribution in [2.45, 2.75) is 31.7 Å². The number of aryl methyl sites for hydroxylation is 1. The van der Waals surface area contributed by atoms with Crippen molar-refractivity contribution in [1.82, 2.24) is 0 Å². The third-order valence-corrected chi connectivity index (χ3v) is 6.46. The Morgan fingerprint density at radius 2 is 1.70 bits per heavy atom. The fourth-order valence-electron chi connectivity index (χ4n) is 2.46. The number of nitrogens with one attached hydrogen (secondary N) is 1. The molecule has 144 valence electrons. The number of carbonyl (C=O) groups excluding carboxylic acids is 2. The number of nitrogens with zero attached hydrogens (tertiary/aromatic N) is 1. The minimum Gasteiger partial charge on any atom is -0.326 e. The molecule has 0 aromatic heterocycles. The average Bonchev–Trinajstić information content (AvgIpc) is 2.57. The van der Waals surface area contributed by atoms with E-state index in [2.05, 4.69) is 5.32 Å². The maximum Gasteiger partial charge on any atom is 0.265 e. The van der Waals surface area contributed by atoms with E-state index < -0.39 is 21.3 Å². The van der Waals surface area contributed by atoms with E-state index in [0.29, 0.717) is 16.3 Å². The number of benzene rings is 2. The third kappa shape index (κ3) is 4.80. The Morgan fingerprint density at radius 3 is 2.19 bits per heavy atom. The highest BCUT2D eigenvalue weighted by Gasteiger charge is 2.33. The molecule has 0 aliphatic heterocycles. The first-order valence-corrected chi connectivity index (χ1v) is 10.1. The zero-order valence-electron chi connectivity index (χ0n) is 14.9. The van der Waals surface area contributed by atoms with Crippen molar-refractivity contribution in [1.29, 1.82) is 0 Å². The zero-order valence-corrected chi connectivity index (χ0v) is 17.2. The predicted octanol–water partition coefficient (Wildman–Crippen LogP) is 3.96. The van der Waals surface area contributed by atoms with Crippen LogP contribution >= 0.6 is 23.2 Å². The predicted molar refractivity (Wildman–Crippen MR) is 107 cm³/mol. The number of anilines is 2. The highest BCUT2D eigenvalue weighted by molar-refractivity contribution is 7.93. The van der Waals surface area contributed by atoms with Gasteiger partial charge in [-0.3, -0.25) is 13.9 Å². The van der Waals surface area contributed by atoms with E-state index in [1.165, 1.54) is 44.2 Å². The number of rotatable bonds is 6. The Balaban J connectivity index is 2.54. The number of hydrogen-bond donors (Lipinski definition) is 1. The summed E-state index contributed by atoms with van der Waals surface area (Å²) in [5.41, 5.74) is 1.38. The van der Waals surface area contributed by atoms with Gasteiger partial charge in [0.05, 0.1) is 10.6 Å². The van der Waals surface area contributed by atoms with Gasteiger partial charge in [0.1, 0.15) is 6.04 Å². The van der Waals surface area contributed by atoms with Crippen molar-refractivity contribution in [3.05, 3.63) is 53.1 Å². The van der Waals surface area contributed by atoms with Crippen molar-refractivity contribution in [2.75, 3.05) is 9.62 Å². The molecule has 6 nitrogen and oxygen atoms in total. The first-order valence-electron chi connectivity index (χ1n) is 7.91. The monoisotopic (exact) mass is 428 g/mol.